The number of nitrogens with zero attached hydrogens (tertiary/aromatic N) is 1. The van der Waals surface area contributed by atoms with Crippen LogP contribution < -0.4 is 4.74 Å². The van der Waals surface area contributed by atoms with Crippen molar-refractivity contribution >= 4 is 0 Å². The fourth-order valence-corrected chi connectivity index (χ4v) is 1.50. The zero-order valence-corrected chi connectivity index (χ0v) is 11.3. The Kier molecular flexibility index (Phi) is 5.18. The Bertz CT molecular complexity index is 403. The third-order valence-electron chi connectivity index (χ3n) is 2.95. The monoisotopic (exact) mass is 247 g/mol. The molecule has 3 nitrogen and oxygen atoms in total. The molecule has 0 saturated carbocycles. The minimum Gasteiger partial charge on any atom is -0.494 e. The Morgan fingerprint density at radius 1 is 1.33 bits per heavy atom. The Hall–Kier alpha value is -1.53. The number of benzene rings is 1. The standard InChI is InChI=1S/C15H21NO2/c1-4-14(17)12-5-7-13(8-6-12)18-10-9-15(2,3)11-16/h5-8,14,17H,4,9-10H2,1-3H3. The molecule has 0 saturated heterocycles. The van der Waals surface area contributed by atoms with Gasteiger partial charge in [0.1, 0.15) is 5.75 Å². The van der Waals surface area contributed by atoms with Gasteiger partial charge in [-0.2, -0.15) is 5.26 Å². The molecule has 3 heteroatoms. The van der Waals surface area contributed by atoms with E-state index in [2.05, 4.69) is 6.07 Å². The second kappa shape index (κ2) is 6.42. The lowest BCUT2D eigenvalue weighted by molar-refractivity contribution is 0.173. The molecule has 1 rings (SSSR count). The molecule has 1 atom stereocenters. The summed E-state index contributed by atoms with van der Waals surface area (Å²) in [7, 11) is 0. The Balaban J connectivity index is 2.48. The van der Waals surface area contributed by atoms with E-state index in [0.29, 0.717) is 19.4 Å². The number of ether oxygens (including phenoxy) is 1. The summed E-state index contributed by atoms with van der Waals surface area (Å²) >= 11 is 0. The fraction of sp³-hybridized carbons (Fsp3) is 0.533. The minimum atomic E-state index is -0.406. The summed E-state index contributed by atoms with van der Waals surface area (Å²) in [6, 6.07) is 9.70. The van der Waals surface area contributed by atoms with E-state index in [4.69, 9.17) is 10.00 Å². The van der Waals surface area contributed by atoms with Crippen molar-refractivity contribution in [2.45, 2.75) is 39.7 Å². The van der Waals surface area contributed by atoms with Gasteiger partial charge in [-0.3, -0.25) is 0 Å². The highest BCUT2D eigenvalue weighted by Gasteiger charge is 2.16. The molecule has 1 aromatic rings. The normalized spacial score (nSPS) is 12.8. The maximum absolute atomic E-state index is 9.66. The molecule has 0 bridgehead atoms. The molecule has 0 aliphatic rings. The number of hydrogen-bond donors (Lipinski definition) is 1. The molecule has 0 aliphatic carbocycles. The van der Waals surface area contributed by atoms with Gasteiger partial charge in [0, 0.05) is 0 Å². The van der Waals surface area contributed by atoms with Crippen molar-refractivity contribution in [3.05, 3.63) is 29.8 Å². The van der Waals surface area contributed by atoms with E-state index < -0.39 is 6.10 Å². The molecule has 0 spiro atoms. The number of rotatable bonds is 6. The molecule has 18 heavy (non-hydrogen) atoms. The van der Waals surface area contributed by atoms with E-state index in [1.165, 1.54) is 0 Å². The second-order valence-electron chi connectivity index (χ2n) is 5.09. The summed E-state index contributed by atoms with van der Waals surface area (Å²) in [5, 5.41) is 18.5. The number of aliphatic hydroxyl groups is 1. The predicted molar refractivity (Wildman–Crippen MR) is 71.2 cm³/mol. The van der Waals surface area contributed by atoms with Gasteiger partial charge < -0.3 is 9.84 Å². The lowest BCUT2D eigenvalue weighted by Crippen LogP contribution is -2.13. The molecule has 0 fully saturated rings. The first-order valence-electron chi connectivity index (χ1n) is 6.30. The maximum atomic E-state index is 9.66. The predicted octanol–water partition coefficient (Wildman–Crippen LogP) is 3.45. The molecule has 0 heterocycles. The van der Waals surface area contributed by atoms with Gasteiger partial charge in [-0.1, -0.05) is 19.1 Å². The SMILES string of the molecule is CCC(O)c1ccc(OCCC(C)(C)C#N)cc1. The van der Waals surface area contributed by atoms with Crippen LogP contribution in [-0.4, -0.2) is 11.7 Å². The smallest absolute Gasteiger partial charge is 0.119 e. The van der Waals surface area contributed by atoms with Crippen molar-refractivity contribution in [3.63, 3.8) is 0 Å². The van der Waals surface area contributed by atoms with Crippen LogP contribution in [0.3, 0.4) is 0 Å². The molecule has 1 aromatic carbocycles. The van der Waals surface area contributed by atoms with Crippen LogP contribution in [0.15, 0.2) is 24.3 Å². The highest BCUT2D eigenvalue weighted by Crippen LogP contribution is 2.22. The Labute approximate surface area is 109 Å². The highest BCUT2D eigenvalue weighted by molar-refractivity contribution is 5.28. The van der Waals surface area contributed by atoms with Crippen LogP contribution in [0.5, 0.6) is 5.75 Å². The lowest BCUT2D eigenvalue weighted by atomic mass is 9.92. The average molecular weight is 247 g/mol. The quantitative estimate of drug-likeness (QED) is 0.837. The van der Waals surface area contributed by atoms with E-state index in [1.807, 2.05) is 45.0 Å². The fourth-order valence-electron chi connectivity index (χ4n) is 1.50. The van der Waals surface area contributed by atoms with E-state index in [0.717, 1.165) is 11.3 Å². The summed E-state index contributed by atoms with van der Waals surface area (Å²) in [6.45, 7) is 6.27. The minimum absolute atomic E-state index is 0.349. The van der Waals surface area contributed by atoms with Crippen molar-refractivity contribution in [2.75, 3.05) is 6.61 Å². The van der Waals surface area contributed by atoms with Gasteiger partial charge >= 0.3 is 0 Å². The zero-order valence-electron chi connectivity index (χ0n) is 11.3. The molecule has 0 aliphatic heterocycles. The average Bonchev–Trinajstić information content (AvgIpc) is 2.38. The number of nitriles is 1. The van der Waals surface area contributed by atoms with Gasteiger partial charge in [-0.15, -0.1) is 0 Å². The highest BCUT2D eigenvalue weighted by atomic mass is 16.5. The summed E-state index contributed by atoms with van der Waals surface area (Å²) in [5.41, 5.74) is 0.556. The first-order valence-corrected chi connectivity index (χ1v) is 6.30. The second-order valence-corrected chi connectivity index (χ2v) is 5.09. The van der Waals surface area contributed by atoms with Crippen LogP contribution in [0, 0.1) is 16.7 Å². The van der Waals surface area contributed by atoms with Crippen LogP contribution in [0.1, 0.15) is 45.3 Å². The van der Waals surface area contributed by atoms with Crippen LogP contribution in [0.4, 0.5) is 0 Å². The maximum Gasteiger partial charge on any atom is 0.119 e. The molecule has 0 amide bonds. The van der Waals surface area contributed by atoms with Gasteiger partial charge in [-0.05, 0) is 44.4 Å². The summed E-state index contributed by atoms with van der Waals surface area (Å²) in [6.07, 6.45) is 0.996. The topological polar surface area (TPSA) is 53.2 Å². The van der Waals surface area contributed by atoms with E-state index >= 15 is 0 Å². The third kappa shape index (κ3) is 4.38. The molecule has 1 N–H and O–H groups in total. The van der Waals surface area contributed by atoms with Crippen molar-refractivity contribution < 1.29 is 9.84 Å². The molecule has 1 unspecified atom stereocenters. The van der Waals surface area contributed by atoms with Gasteiger partial charge in [-0.25, -0.2) is 0 Å². The van der Waals surface area contributed by atoms with Crippen molar-refractivity contribution in [1.29, 1.82) is 5.26 Å². The molecule has 0 aromatic heterocycles. The van der Waals surface area contributed by atoms with E-state index in [9.17, 15) is 5.11 Å². The van der Waals surface area contributed by atoms with Gasteiger partial charge in [0.05, 0.1) is 24.2 Å². The largest absolute Gasteiger partial charge is 0.494 e. The van der Waals surface area contributed by atoms with Gasteiger partial charge in [0.25, 0.3) is 0 Å². The summed E-state index contributed by atoms with van der Waals surface area (Å²) < 4.78 is 5.58. The van der Waals surface area contributed by atoms with Crippen molar-refractivity contribution in [3.8, 4) is 11.8 Å². The number of aliphatic hydroxyl groups excluding tert-OH is 1. The van der Waals surface area contributed by atoms with E-state index in [1.54, 1.807) is 0 Å². The summed E-state index contributed by atoms with van der Waals surface area (Å²) in [5.74, 6) is 0.774. The first-order chi connectivity index (χ1) is 8.48. The number of hydrogen-bond acceptors (Lipinski definition) is 3. The molecule has 98 valence electrons. The Morgan fingerprint density at radius 3 is 2.44 bits per heavy atom. The van der Waals surface area contributed by atoms with Gasteiger partial charge in [0.2, 0.25) is 0 Å². The van der Waals surface area contributed by atoms with Crippen LogP contribution in [-0.2, 0) is 0 Å². The summed E-state index contributed by atoms with van der Waals surface area (Å²) in [4.78, 5) is 0. The van der Waals surface area contributed by atoms with Crippen LogP contribution >= 0.6 is 0 Å². The van der Waals surface area contributed by atoms with Crippen molar-refractivity contribution in [1.82, 2.24) is 0 Å². The first kappa shape index (κ1) is 14.5. The van der Waals surface area contributed by atoms with Crippen molar-refractivity contribution in [2.24, 2.45) is 5.41 Å². The Morgan fingerprint density at radius 2 is 1.94 bits per heavy atom. The third-order valence-corrected chi connectivity index (χ3v) is 2.95. The van der Waals surface area contributed by atoms with Gasteiger partial charge in [0.15, 0.2) is 0 Å². The van der Waals surface area contributed by atoms with Crippen LogP contribution in [0.2, 0.25) is 0 Å². The zero-order chi connectivity index (χ0) is 13.6. The molecule has 0 radical (unpaired) electrons. The molecular weight excluding hydrogens is 226 g/mol. The lowest BCUT2D eigenvalue weighted by Gasteiger charge is -2.15. The van der Waals surface area contributed by atoms with Crippen LogP contribution in [0.25, 0.3) is 0 Å². The van der Waals surface area contributed by atoms with E-state index in [-0.39, 0.29) is 5.41 Å². The molecular formula is C15H21NO2.